The molecule has 1 aromatic carbocycles. The molecular formula is C30H50O6. The number of carbonyl (C=O) groups is 2. The number of hydrogen-bond acceptors (Lipinski definition) is 5. The molecule has 0 aliphatic heterocycles. The number of unbranched alkanes of at least 4 members (excludes halogenated alkanes) is 15. The van der Waals surface area contributed by atoms with Crippen LogP contribution in [0, 0.1) is 0 Å². The van der Waals surface area contributed by atoms with Gasteiger partial charge in [-0.1, -0.05) is 115 Å². The van der Waals surface area contributed by atoms with E-state index in [4.69, 9.17) is 19.3 Å². The third-order valence-electron chi connectivity index (χ3n) is 6.35. The van der Waals surface area contributed by atoms with Gasteiger partial charge >= 0.3 is 11.9 Å². The van der Waals surface area contributed by atoms with Crippen LogP contribution >= 0.6 is 0 Å². The predicted molar refractivity (Wildman–Crippen MR) is 145 cm³/mol. The Bertz CT molecular complexity index is 675. The van der Waals surface area contributed by atoms with Gasteiger partial charge in [0.05, 0.1) is 30.9 Å². The summed E-state index contributed by atoms with van der Waals surface area (Å²) in [6.07, 6.45) is 21.8. The van der Waals surface area contributed by atoms with Gasteiger partial charge in [-0.2, -0.15) is 0 Å². The zero-order valence-corrected chi connectivity index (χ0v) is 22.6. The molecule has 0 bridgehead atoms. The minimum atomic E-state index is -1.15. The van der Waals surface area contributed by atoms with Crippen LogP contribution < -0.4 is 0 Å². The van der Waals surface area contributed by atoms with E-state index < -0.39 is 11.9 Å². The molecule has 0 spiro atoms. The first-order valence-corrected chi connectivity index (χ1v) is 14.3. The highest BCUT2D eigenvalue weighted by Gasteiger charge is 2.16. The highest BCUT2D eigenvalue weighted by atomic mass is 16.6. The Kier molecular flexibility index (Phi) is 20.9. The van der Waals surface area contributed by atoms with Gasteiger partial charge < -0.3 is 19.3 Å². The van der Waals surface area contributed by atoms with Crippen LogP contribution in [0.2, 0.25) is 0 Å². The van der Waals surface area contributed by atoms with E-state index in [0.29, 0.717) is 13.2 Å². The first-order valence-electron chi connectivity index (χ1n) is 14.3. The van der Waals surface area contributed by atoms with Crippen molar-refractivity contribution in [1.29, 1.82) is 0 Å². The zero-order chi connectivity index (χ0) is 26.1. The van der Waals surface area contributed by atoms with Crippen LogP contribution in [0.25, 0.3) is 0 Å². The Morgan fingerprint density at radius 3 is 1.50 bits per heavy atom. The van der Waals surface area contributed by atoms with Crippen LogP contribution in [0.1, 0.15) is 130 Å². The normalized spacial score (nSPS) is 11.0. The van der Waals surface area contributed by atoms with Gasteiger partial charge in [0.15, 0.2) is 0 Å². The fourth-order valence-corrected chi connectivity index (χ4v) is 4.19. The summed E-state index contributed by atoms with van der Waals surface area (Å²) in [7, 11) is 0. The molecule has 0 atom stereocenters. The van der Waals surface area contributed by atoms with Gasteiger partial charge in [0, 0.05) is 6.61 Å². The molecule has 1 rings (SSSR count). The average molecular weight is 507 g/mol. The molecular weight excluding hydrogens is 456 g/mol. The van der Waals surface area contributed by atoms with Crippen LogP contribution in [0.5, 0.6) is 0 Å². The van der Waals surface area contributed by atoms with Gasteiger partial charge in [-0.15, -0.1) is 0 Å². The summed E-state index contributed by atoms with van der Waals surface area (Å²) < 4.78 is 16.1. The maximum Gasteiger partial charge on any atom is 0.339 e. The second kappa shape index (κ2) is 23.5. The monoisotopic (exact) mass is 506 g/mol. The van der Waals surface area contributed by atoms with Crippen molar-refractivity contribution in [2.75, 3.05) is 33.0 Å². The number of hydrogen-bond donors (Lipinski definition) is 1. The summed E-state index contributed by atoms with van der Waals surface area (Å²) >= 11 is 0. The van der Waals surface area contributed by atoms with Gasteiger partial charge in [-0.25, -0.2) is 9.59 Å². The molecule has 6 heteroatoms. The van der Waals surface area contributed by atoms with Crippen LogP contribution in [-0.4, -0.2) is 50.1 Å². The van der Waals surface area contributed by atoms with Crippen molar-refractivity contribution in [3.63, 3.8) is 0 Å². The van der Waals surface area contributed by atoms with Gasteiger partial charge in [0.1, 0.15) is 6.61 Å². The Balaban J connectivity index is 1.79. The predicted octanol–water partition coefficient (Wildman–Crippen LogP) is 7.84. The summed E-state index contributed by atoms with van der Waals surface area (Å²) in [4.78, 5) is 23.2. The molecule has 0 radical (unpaired) electrons. The summed E-state index contributed by atoms with van der Waals surface area (Å²) in [5.74, 6) is -1.81. The minimum Gasteiger partial charge on any atom is -0.478 e. The number of ether oxygens (including phenoxy) is 3. The highest BCUT2D eigenvalue weighted by molar-refractivity contribution is 6.02. The summed E-state index contributed by atoms with van der Waals surface area (Å²) in [6.45, 7) is 4.33. The summed E-state index contributed by atoms with van der Waals surface area (Å²) in [5.41, 5.74) is -0.0157. The molecule has 36 heavy (non-hydrogen) atoms. The molecule has 0 heterocycles. The van der Waals surface area contributed by atoms with E-state index in [2.05, 4.69) is 6.92 Å². The fraction of sp³-hybridized carbons (Fsp3) is 0.733. The first-order chi connectivity index (χ1) is 17.7. The highest BCUT2D eigenvalue weighted by Crippen LogP contribution is 2.14. The number of rotatable bonds is 25. The lowest BCUT2D eigenvalue weighted by Crippen LogP contribution is -2.15. The Hall–Kier alpha value is -1.92. The lowest BCUT2D eigenvalue weighted by molar-refractivity contribution is 0.0140. The lowest BCUT2D eigenvalue weighted by atomic mass is 10.0. The molecule has 206 valence electrons. The van der Waals surface area contributed by atoms with Crippen molar-refractivity contribution in [2.24, 2.45) is 0 Å². The van der Waals surface area contributed by atoms with Crippen LogP contribution in [0.4, 0.5) is 0 Å². The summed E-state index contributed by atoms with van der Waals surface area (Å²) in [6, 6.07) is 6.00. The first kappa shape index (κ1) is 32.1. The minimum absolute atomic E-state index is 0.0483. The van der Waals surface area contributed by atoms with Crippen LogP contribution in [-0.2, 0) is 14.2 Å². The van der Waals surface area contributed by atoms with Crippen LogP contribution in [0.15, 0.2) is 24.3 Å². The average Bonchev–Trinajstić information content (AvgIpc) is 2.89. The number of esters is 1. The van der Waals surface area contributed by atoms with Crippen molar-refractivity contribution in [1.82, 2.24) is 0 Å². The van der Waals surface area contributed by atoms with E-state index in [1.54, 1.807) is 12.1 Å². The third kappa shape index (κ3) is 17.5. The van der Waals surface area contributed by atoms with Gasteiger partial charge in [0.2, 0.25) is 0 Å². The molecule has 0 aliphatic carbocycles. The molecule has 1 N–H and O–H groups in total. The van der Waals surface area contributed by atoms with E-state index in [-0.39, 0.29) is 24.3 Å². The second-order valence-electron chi connectivity index (χ2n) is 9.51. The van der Waals surface area contributed by atoms with Crippen LogP contribution in [0.3, 0.4) is 0 Å². The fourth-order valence-electron chi connectivity index (χ4n) is 4.19. The van der Waals surface area contributed by atoms with E-state index in [9.17, 15) is 9.59 Å². The smallest absolute Gasteiger partial charge is 0.339 e. The van der Waals surface area contributed by atoms with E-state index in [1.807, 2.05) is 0 Å². The van der Waals surface area contributed by atoms with E-state index >= 15 is 0 Å². The Morgan fingerprint density at radius 2 is 1.00 bits per heavy atom. The molecule has 0 fully saturated rings. The molecule has 0 saturated carbocycles. The number of aromatic carboxylic acids is 1. The number of carboxylic acid groups (broad SMARTS) is 1. The van der Waals surface area contributed by atoms with Crippen molar-refractivity contribution < 1.29 is 28.9 Å². The van der Waals surface area contributed by atoms with Crippen molar-refractivity contribution in [2.45, 2.75) is 110 Å². The maximum atomic E-state index is 12.0. The van der Waals surface area contributed by atoms with E-state index in [0.717, 1.165) is 13.0 Å². The number of carbonyl (C=O) groups excluding carboxylic acids is 1. The van der Waals surface area contributed by atoms with E-state index in [1.165, 1.54) is 108 Å². The topological polar surface area (TPSA) is 82.1 Å². The Labute approximate surface area is 219 Å². The van der Waals surface area contributed by atoms with Gasteiger partial charge in [-0.3, -0.25) is 0 Å². The molecule has 6 nitrogen and oxygen atoms in total. The molecule has 0 aliphatic rings. The lowest BCUT2D eigenvalue weighted by Gasteiger charge is -2.08. The number of carboxylic acids is 1. The number of benzene rings is 1. The zero-order valence-electron chi connectivity index (χ0n) is 22.6. The van der Waals surface area contributed by atoms with Crippen molar-refractivity contribution in [3.8, 4) is 0 Å². The van der Waals surface area contributed by atoms with Crippen molar-refractivity contribution in [3.05, 3.63) is 35.4 Å². The second-order valence-corrected chi connectivity index (χ2v) is 9.51. The molecule has 0 amide bonds. The Morgan fingerprint density at radius 1 is 0.583 bits per heavy atom. The largest absolute Gasteiger partial charge is 0.478 e. The molecule has 1 aromatic rings. The third-order valence-corrected chi connectivity index (χ3v) is 6.35. The van der Waals surface area contributed by atoms with Gasteiger partial charge in [-0.05, 0) is 18.6 Å². The molecule has 0 aromatic heterocycles. The van der Waals surface area contributed by atoms with Crippen molar-refractivity contribution >= 4 is 11.9 Å². The SMILES string of the molecule is CCCCCCCCCCCCCCCCCCOCCOCCOC(=O)c1ccccc1C(=O)O. The standard InChI is InChI=1S/C30H50O6/c1-2-3-4-5-6-7-8-9-10-11-12-13-14-15-16-19-22-34-23-24-35-25-26-36-30(33)28-21-18-17-20-27(28)29(31)32/h17-18,20-21H,2-16,19,22-26H2,1H3,(H,31,32). The molecule has 0 saturated heterocycles. The summed E-state index contributed by atoms with van der Waals surface area (Å²) in [5, 5.41) is 9.12. The molecule has 0 unspecified atom stereocenters. The maximum absolute atomic E-state index is 12.0. The quantitative estimate of drug-likeness (QED) is 0.107. The van der Waals surface area contributed by atoms with Gasteiger partial charge in [0.25, 0.3) is 0 Å².